The summed E-state index contributed by atoms with van der Waals surface area (Å²) in [5, 5.41) is 22.1. The number of aliphatic hydroxyl groups is 1. The van der Waals surface area contributed by atoms with E-state index in [0.29, 0.717) is 34.8 Å². The molecule has 1 unspecified atom stereocenters. The van der Waals surface area contributed by atoms with Gasteiger partial charge in [-0.3, -0.25) is 0 Å². The van der Waals surface area contributed by atoms with E-state index in [1.54, 1.807) is 13.2 Å². The van der Waals surface area contributed by atoms with E-state index < -0.39 is 17.6 Å². The van der Waals surface area contributed by atoms with E-state index in [9.17, 15) is 10.2 Å². The van der Waals surface area contributed by atoms with Gasteiger partial charge >= 0.3 is 0 Å². The molecule has 2 N–H and O–H groups in total. The summed E-state index contributed by atoms with van der Waals surface area (Å²) in [7, 11) is 3.06. The number of aromatic hydroxyl groups is 1. The van der Waals surface area contributed by atoms with Crippen LogP contribution in [0.2, 0.25) is 0 Å². The molecule has 0 saturated heterocycles. The molecule has 0 radical (unpaired) electrons. The fraction of sp³-hybridized carbons (Fsp3) is 0.417. The molecule has 0 amide bonds. The van der Waals surface area contributed by atoms with Crippen molar-refractivity contribution in [1.29, 1.82) is 0 Å². The van der Waals surface area contributed by atoms with E-state index in [-0.39, 0.29) is 11.9 Å². The first-order valence-corrected chi connectivity index (χ1v) is 10.1. The lowest BCUT2D eigenvalue weighted by molar-refractivity contribution is 0.0349. The number of fused-ring (bicyclic) bond motifs is 3. The summed E-state index contributed by atoms with van der Waals surface area (Å²) < 4.78 is 23.1. The lowest BCUT2D eigenvalue weighted by atomic mass is 9.80. The first-order chi connectivity index (χ1) is 14.3. The fourth-order valence-corrected chi connectivity index (χ4v) is 4.29. The number of rotatable bonds is 4. The van der Waals surface area contributed by atoms with Crippen molar-refractivity contribution in [2.24, 2.45) is 0 Å². The lowest BCUT2D eigenvalue weighted by Gasteiger charge is -2.39. The molecule has 0 aromatic heterocycles. The van der Waals surface area contributed by atoms with Gasteiger partial charge in [0.1, 0.15) is 29.0 Å². The van der Waals surface area contributed by atoms with Crippen LogP contribution in [0.4, 0.5) is 0 Å². The summed E-state index contributed by atoms with van der Waals surface area (Å²) in [5.74, 6) is 1.85. The molecule has 6 nitrogen and oxygen atoms in total. The van der Waals surface area contributed by atoms with Gasteiger partial charge < -0.3 is 29.2 Å². The summed E-state index contributed by atoms with van der Waals surface area (Å²) in [5.41, 5.74) is 1.67. The standard InChI is InChI=1S/C24H28O6/c1-6-17-21(15-11-19(27-4)20(28-5)12-16(15)25)22(26)14-7-8-18-13(23(14)29-17)9-10-24(2,3)30-18/h7-12,17,21-22,25-26H,6H2,1-5H3/t17?,21-,22+/m0/s1. The Morgan fingerprint density at radius 3 is 2.43 bits per heavy atom. The average Bonchev–Trinajstić information content (AvgIpc) is 2.72. The first-order valence-electron chi connectivity index (χ1n) is 10.1. The zero-order valence-corrected chi connectivity index (χ0v) is 17.9. The molecule has 0 fully saturated rings. The monoisotopic (exact) mass is 412 g/mol. The number of hydrogen-bond donors (Lipinski definition) is 2. The number of benzene rings is 2. The van der Waals surface area contributed by atoms with Crippen LogP contribution in [-0.2, 0) is 0 Å². The molecular weight excluding hydrogens is 384 g/mol. The largest absolute Gasteiger partial charge is 0.508 e. The van der Waals surface area contributed by atoms with E-state index in [2.05, 4.69) is 0 Å². The minimum Gasteiger partial charge on any atom is -0.508 e. The highest BCUT2D eigenvalue weighted by Gasteiger charge is 2.41. The minimum atomic E-state index is -0.865. The molecule has 2 aromatic rings. The van der Waals surface area contributed by atoms with Crippen molar-refractivity contribution in [3.63, 3.8) is 0 Å². The molecule has 0 aliphatic carbocycles. The Labute approximate surface area is 176 Å². The molecule has 2 aromatic carbocycles. The first kappa shape index (κ1) is 20.4. The maximum absolute atomic E-state index is 11.4. The third-order valence-electron chi connectivity index (χ3n) is 5.83. The van der Waals surface area contributed by atoms with Crippen molar-refractivity contribution in [3.8, 4) is 28.7 Å². The van der Waals surface area contributed by atoms with Crippen molar-refractivity contribution in [2.45, 2.75) is 50.9 Å². The second-order valence-electron chi connectivity index (χ2n) is 8.24. The molecule has 4 rings (SSSR count). The van der Waals surface area contributed by atoms with Crippen LogP contribution in [0, 0.1) is 0 Å². The Morgan fingerprint density at radius 2 is 1.77 bits per heavy atom. The van der Waals surface area contributed by atoms with Crippen LogP contribution < -0.4 is 18.9 Å². The van der Waals surface area contributed by atoms with Crippen molar-refractivity contribution >= 4 is 6.08 Å². The third kappa shape index (κ3) is 3.25. The van der Waals surface area contributed by atoms with Crippen LogP contribution in [-0.4, -0.2) is 36.1 Å². The number of phenolic OH excluding ortho intramolecular Hbond substituents is 1. The number of phenols is 1. The summed E-state index contributed by atoms with van der Waals surface area (Å²) in [4.78, 5) is 0. The fourth-order valence-electron chi connectivity index (χ4n) is 4.29. The van der Waals surface area contributed by atoms with Gasteiger partial charge in [-0.15, -0.1) is 0 Å². The molecule has 6 heteroatoms. The Bertz CT molecular complexity index is 994. The normalized spacial score (nSPS) is 23.6. The van der Waals surface area contributed by atoms with Gasteiger partial charge in [-0.2, -0.15) is 0 Å². The molecule has 0 bridgehead atoms. The molecular formula is C24H28O6. The highest BCUT2D eigenvalue weighted by molar-refractivity contribution is 5.70. The van der Waals surface area contributed by atoms with Crippen LogP contribution in [0.15, 0.2) is 30.3 Å². The molecule has 2 aliphatic heterocycles. The van der Waals surface area contributed by atoms with Gasteiger partial charge in [0.15, 0.2) is 11.5 Å². The minimum absolute atomic E-state index is 0.0325. The average molecular weight is 412 g/mol. The van der Waals surface area contributed by atoms with Crippen LogP contribution in [0.1, 0.15) is 55.9 Å². The second kappa shape index (κ2) is 7.43. The van der Waals surface area contributed by atoms with Crippen LogP contribution in [0.3, 0.4) is 0 Å². The van der Waals surface area contributed by atoms with Crippen molar-refractivity contribution in [1.82, 2.24) is 0 Å². The number of hydrogen-bond acceptors (Lipinski definition) is 6. The number of methoxy groups -OCH3 is 2. The Balaban J connectivity index is 1.81. The van der Waals surface area contributed by atoms with Gasteiger partial charge in [0.25, 0.3) is 0 Å². The topological polar surface area (TPSA) is 77.4 Å². The Morgan fingerprint density at radius 1 is 1.07 bits per heavy atom. The molecule has 2 aliphatic rings. The molecule has 0 saturated carbocycles. The highest BCUT2D eigenvalue weighted by Crippen LogP contribution is 2.52. The van der Waals surface area contributed by atoms with E-state index in [0.717, 1.165) is 11.3 Å². The number of aliphatic hydroxyl groups excluding tert-OH is 1. The van der Waals surface area contributed by atoms with Gasteiger partial charge in [0, 0.05) is 17.2 Å². The van der Waals surface area contributed by atoms with Gasteiger partial charge in [0.05, 0.1) is 31.8 Å². The van der Waals surface area contributed by atoms with Crippen molar-refractivity contribution in [2.75, 3.05) is 14.2 Å². The second-order valence-corrected chi connectivity index (χ2v) is 8.24. The summed E-state index contributed by atoms with van der Waals surface area (Å²) in [6.45, 7) is 5.98. The Hall–Kier alpha value is -2.86. The van der Waals surface area contributed by atoms with Gasteiger partial charge in [-0.05, 0) is 50.6 Å². The molecule has 3 atom stereocenters. The molecule has 0 spiro atoms. The predicted molar refractivity (Wildman–Crippen MR) is 114 cm³/mol. The summed E-state index contributed by atoms with van der Waals surface area (Å²) in [6.07, 6.45) is 3.42. The SMILES string of the molecule is CCC1Oc2c(ccc3c2C=CC(C)(C)O3)[C@@H](O)[C@H]1c1cc(OC)c(OC)cc1O. The zero-order chi connectivity index (χ0) is 21.6. The van der Waals surface area contributed by atoms with Gasteiger partial charge in [-0.25, -0.2) is 0 Å². The van der Waals surface area contributed by atoms with E-state index in [4.69, 9.17) is 18.9 Å². The quantitative estimate of drug-likeness (QED) is 0.765. The van der Waals surface area contributed by atoms with Crippen molar-refractivity contribution < 1.29 is 29.2 Å². The van der Waals surface area contributed by atoms with Gasteiger partial charge in [0.2, 0.25) is 0 Å². The molecule has 30 heavy (non-hydrogen) atoms. The van der Waals surface area contributed by atoms with E-state index >= 15 is 0 Å². The molecule has 160 valence electrons. The smallest absolute Gasteiger partial charge is 0.164 e. The molecule has 2 heterocycles. The van der Waals surface area contributed by atoms with E-state index in [1.165, 1.54) is 13.2 Å². The van der Waals surface area contributed by atoms with E-state index in [1.807, 2.05) is 45.1 Å². The maximum atomic E-state index is 11.4. The summed E-state index contributed by atoms with van der Waals surface area (Å²) in [6, 6.07) is 6.92. The third-order valence-corrected chi connectivity index (χ3v) is 5.83. The zero-order valence-electron chi connectivity index (χ0n) is 17.9. The maximum Gasteiger partial charge on any atom is 0.164 e. The van der Waals surface area contributed by atoms with Crippen LogP contribution in [0.25, 0.3) is 6.08 Å². The van der Waals surface area contributed by atoms with Crippen LogP contribution in [0.5, 0.6) is 28.7 Å². The summed E-state index contributed by atoms with van der Waals surface area (Å²) >= 11 is 0. The highest BCUT2D eigenvalue weighted by atomic mass is 16.5. The van der Waals surface area contributed by atoms with Gasteiger partial charge in [-0.1, -0.05) is 6.92 Å². The predicted octanol–water partition coefficient (Wildman–Crippen LogP) is 4.58. The van der Waals surface area contributed by atoms with Crippen LogP contribution >= 0.6 is 0 Å². The van der Waals surface area contributed by atoms with Crippen molar-refractivity contribution in [3.05, 3.63) is 47.0 Å². The Kier molecular flexibility index (Phi) is 5.06. The number of ether oxygens (including phenoxy) is 4. The lowest BCUT2D eigenvalue weighted by Crippen LogP contribution is -2.35.